The lowest BCUT2D eigenvalue weighted by molar-refractivity contribution is -0.117. The maximum Gasteiger partial charge on any atom is 0.264 e. The highest BCUT2D eigenvalue weighted by molar-refractivity contribution is 7.92. The fraction of sp³-hybridized carbons (Fsp3) is 0.229. The van der Waals surface area contributed by atoms with E-state index in [2.05, 4.69) is 30.0 Å². The van der Waals surface area contributed by atoms with Gasteiger partial charge in [-0.15, -0.1) is 0 Å². The molecule has 0 saturated carbocycles. The Bertz CT molecular complexity index is 1970. The first-order valence-corrected chi connectivity index (χ1v) is 16.6. The predicted molar refractivity (Wildman–Crippen MR) is 182 cm³/mol. The van der Waals surface area contributed by atoms with Crippen LogP contribution in [0.4, 0.5) is 11.5 Å². The summed E-state index contributed by atoms with van der Waals surface area (Å²) in [6.07, 6.45) is 2.19. The van der Waals surface area contributed by atoms with E-state index in [1.165, 1.54) is 31.6 Å². The van der Waals surface area contributed by atoms with E-state index in [9.17, 15) is 13.2 Å². The van der Waals surface area contributed by atoms with Crippen molar-refractivity contribution in [2.24, 2.45) is 0 Å². The van der Waals surface area contributed by atoms with E-state index in [1.54, 1.807) is 61.5 Å². The van der Waals surface area contributed by atoms with Crippen molar-refractivity contribution in [2.45, 2.75) is 50.5 Å². The average molecular weight is 669 g/mol. The van der Waals surface area contributed by atoms with Gasteiger partial charge in [-0.05, 0) is 60.4 Å². The largest absolute Gasteiger partial charge is 0.493 e. The molecule has 0 bridgehead atoms. The van der Waals surface area contributed by atoms with Gasteiger partial charge in [0.1, 0.15) is 6.10 Å². The van der Waals surface area contributed by atoms with Crippen LogP contribution < -0.4 is 24.2 Å². The summed E-state index contributed by atoms with van der Waals surface area (Å²) in [4.78, 5) is 30.4. The molecule has 0 aliphatic heterocycles. The van der Waals surface area contributed by atoms with Crippen molar-refractivity contribution in [3.05, 3.63) is 103 Å². The van der Waals surface area contributed by atoms with Gasteiger partial charge in [-0.3, -0.25) is 9.52 Å². The zero-order chi connectivity index (χ0) is 34.3. The minimum absolute atomic E-state index is 0.00304. The Balaban J connectivity index is 1.58. The summed E-state index contributed by atoms with van der Waals surface area (Å²) >= 11 is 0. The summed E-state index contributed by atoms with van der Waals surface area (Å²) in [7, 11) is -2.74. The predicted octanol–water partition coefficient (Wildman–Crippen LogP) is 6.63. The SMILES string of the molecule is COc1ccccc1Oc1c(NS(=O)(=O)c2ccc(C(C)(C)C)cc2)nc(-c2ncccn2)nc1OC(C)CC(=O)Nc1ccccc1. The molecular formula is C35H36N6O6S. The molecule has 0 aliphatic carbocycles. The van der Waals surface area contributed by atoms with Crippen LogP contribution in [0.2, 0.25) is 0 Å². The van der Waals surface area contributed by atoms with Crippen molar-refractivity contribution < 1.29 is 27.4 Å². The highest BCUT2D eigenvalue weighted by atomic mass is 32.2. The van der Waals surface area contributed by atoms with Crippen molar-refractivity contribution in [2.75, 3.05) is 17.1 Å². The van der Waals surface area contributed by atoms with Crippen LogP contribution >= 0.6 is 0 Å². The van der Waals surface area contributed by atoms with Crippen LogP contribution in [0.3, 0.4) is 0 Å². The zero-order valence-corrected chi connectivity index (χ0v) is 28.0. The molecular weight excluding hydrogens is 632 g/mol. The third-order valence-electron chi connectivity index (χ3n) is 6.99. The quantitative estimate of drug-likeness (QED) is 0.148. The number of nitrogens with one attached hydrogen (secondary N) is 2. The third-order valence-corrected chi connectivity index (χ3v) is 8.34. The zero-order valence-electron chi connectivity index (χ0n) is 27.2. The number of aromatic nitrogens is 4. The summed E-state index contributed by atoms with van der Waals surface area (Å²) in [5.74, 6) is -0.198. The molecule has 2 N–H and O–H groups in total. The Hall–Kier alpha value is -5.56. The summed E-state index contributed by atoms with van der Waals surface area (Å²) in [6, 6.07) is 24.0. The van der Waals surface area contributed by atoms with Crippen LogP contribution in [0, 0.1) is 0 Å². The number of hydrogen-bond donors (Lipinski definition) is 2. The second kappa shape index (κ2) is 14.5. The fourth-order valence-corrected chi connectivity index (χ4v) is 5.55. The molecule has 0 spiro atoms. The Morgan fingerprint density at radius 1 is 0.833 bits per heavy atom. The van der Waals surface area contributed by atoms with Gasteiger partial charge < -0.3 is 19.5 Å². The number of anilines is 2. The van der Waals surface area contributed by atoms with Crippen molar-refractivity contribution in [1.82, 2.24) is 19.9 Å². The van der Waals surface area contributed by atoms with Gasteiger partial charge in [0, 0.05) is 18.1 Å². The molecule has 1 unspecified atom stereocenters. The summed E-state index contributed by atoms with van der Waals surface area (Å²) in [5.41, 5.74) is 1.42. The normalized spacial score (nSPS) is 12.1. The molecule has 12 nitrogen and oxygen atoms in total. The first-order chi connectivity index (χ1) is 22.9. The second-order valence-electron chi connectivity index (χ2n) is 11.8. The highest BCUT2D eigenvalue weighted by Crippen LogP contribution is 2.42. The number of sulfonamides is 1. The number of carbonyl (C=O) groups is 1. The van der Waals surface area contributed by atoms with Gasteiger partial charge in [0.05, 0.1) is 18.4 Å². The van der Waals surface area contributed by atoms with Gasteiger partial charge in [-0.1, -0.05) is 63.2 Å². The lowest BCUT2D eigenvalue weighted by Crippen LogP contribution is -2.23. The lowest BCUT2D eigenvalue weighted by Gasteiger charge is -2.21. The van der Waals surface area contributed by atoms with Crippen LogP contribution in [-0.4, -0.2) is 47.5 Å². The minimum Gasteiger partial charge on any atom is -0.493 e. The van der Waals surface area contributed by atoms with Crippen molar-refractivity contribution >= 4 is 27.4 Å². The van der Waals surface area contributed by atoms with Gasteiger partial charge in [0.2, 0.25) is 17.5 Å². The summed E-state index contributed by atoms with van der Waals surface area (Å²) < 4.78 is 48.1. The maximum absolute atomic E-state index is 13.8. The molecule has 0 fully saturated rings. The molecule has 5 rings (SSSR count). The number of ether oxygens (including phenoxy) is 3. The van der Waals surface area contributed by atoms with E-state index in [4.69, 9.17) is 14.2 Å². The van der Waals surface area contributed by atoms with E-state index >= 15 is 0 Å². The molecule has 2 heterocycles. The smallest absolute Gasteiger partial charge is 0.264 e. The van der Waals surface area contributed by atoms with E-state index in [0.29, 0.717) is 11.4 Å². The molecule has 5 aromatic rings. The number of benzene rings is 3. The second-order valence-corrected chi connectivity index (χ2v) is 13.5. The van der Waals surface area contributed by atoms with Gasteiger partial charge >= 0.3 is 0 Å². The maximum atomic E-state index is 13.8. The molecule has 3 aromatic carbocycles. The first-order valence-electron chi connectivity index (χ1n) is 15.1. The van der Waals surface area contributed by atoms with E-state index < -0.39 is 16.1 Å². The number of hydrogen-bond acceptors (Lipinski definition) is 10. The van der Waals surface area contributed by atoms with Crippen LogP contribution in [0.1, 0.15) is 39.7 Å². The monoisotopic (exact) mass is 668 g/mol. The molecule has 0 saturated heterocycles. The van der Waals surface area contributed by atoms with Crippen molar-refractivity contribution in [1.29, 1.82) is 0 Å². The van der Waals surface area contributed by atoms with Crippen LogP contribution in [-0.2, 0) is 20.2 Å². The standard InChI is InChI=1S/C35H36N6O6S/c1-23(22-29(42)38-25-12-7-6-8-13-25)46-34-30(47-28-15-10-9-14-27(28)45-5)31(39-33(40-34)32-36-20-11-21-37-32)41-48(43,44)26-18-16-24(17-19-26)35(2,3)4/h6-21,23H,22H2,1-5H3,(H,38,42)(H,39,40,41). The molecule has 48 heavy (non-hydrogen) atoms. The van der Waals surface area contributed by atoms with E-state index in [1.807, 2.05) is 39.0 Å². The fourth-order valence-electron chi connectivity index (χ4n) is 4.55. The minimum atomic E-state index is -4.22. The molecule has 2 aromatic heterocycles. The van der Waals surface area contributed by atoms with Gasteiger partial charge in [-0.2, -0.15) is 4.98 Å². The van der Waals surface area contributed by atoms with E-state index in [0.717, 1.165) is 5.56 Å². The van der Waals surface area contributed by atoms with Gasteiger partial charge in [-0.25, -0.2) is 23.4 Å². The van der Waals surface area contributed by atoms with Crippen LogP contribution in [0.5, 0.6) is 23.1 Å². The molecule has 0 radical (unpaired) electrons. The Morgan fingerprint density at radius 3 is 2.12 bits per heavy atom. The summed E-state index contributed by atoms with van der Waals surface area (Å²) in [5, 5.41) is 2.83. The lowest BCUT2D eigenvalue weighted by atomic mass is 9.87. The first kappa shape index (κ1) is 33.8. The van der Waals surface area contributed by atoms with Crippen LogP contribution in [0.25, 0.3) is 11.6 Å². The average Bonchev–Trinajstić information content (AvgIpc) is 3.06. The molecule has 248 valence electrons. The third kappa shape index (κ3) is 8.42. The van der Waals surface area contributed by atoms with Crippen molar-refractivity contribution in [3.63, 3.8) is 0 Å². The molecule has 1 atom stereocenters. The number of para-hydroxylation sites is 3. The molecule has 13 heteroatoms. The summed E-state index contributed by atoms with van der Waals surface area (Å²) in [6.45, 7) is 7.80. The van der Waals surface area contributed by atoms with Crippen LogP contribution in [0.15, 0.2) is 102 Å². The number of carbonyl (C=O) groups excluding carboxylic acids is 1. The molecule has 0 aliphatic rings. The Kier molecular flexibility index (Phi) is 10.2. The Morgan fingerprint density at radius 2 is 1.48 bits per heavy atom. The number of rotatable bonds is 12. The number of nitrogens with zero attached hydrogens (tertiary/aromatic N) is 4. The van der Waals surface area contributed by atoms with Gasteiger partial charge in [0.15, 0.2) is 23.1 Å². The van der Waals surface area contributed by atoms with Crippen molar-refractivity contribution in [3.8, 4) is 34.8 Å². The number of amides is 1. The number of methoxy groups -OCH3 is 1. The molecule has 1 amide bonds. The van der Waals surface area contributed by atoms with E-state index in [-0.39, 0.29) is 57.5 Å². The van der Waals surface area contributed by atoms with Gasteiger partial charge in [0.25, 0.3) is 15.9 Å². The topological polar surface area (TPSA) is 155 Å². The Labute approximate surface area is 279 Å². The highest BCUT2D eigenvalue weighted by Gasteiger charge is 2.27.